The summed E-state index contributed by atoms with van der Waals surface area (Å²) in [4.78, 5) is 20.2. The largest absolute Gasteiger partial charge is 0.497 e. The zero-order valence-electron chi connectivity index (χ0n) is 23.4. The topological polar surface area (TPSA) is 75.1 Å². The molecule has 1 unspecified atom stereocenters. The zero-order chi connectivity index (χ0) is 29.7. The highest BCUT2D eigenvalue weighted by Gasteiger charge is 2.37. The van der Waals surface area contributed by atoms with E-state index in [1.807, 2.05) is 19.0 Å². The fourth-order valence-corrected chi connectivity index (χ4v) is 5.57. The second-order valence-electron chi connectivity index (χ2n) is 10.8. The second-order valence-corrected chi connectivity index (χ2v) is 10.8. The van der Waals surface area contributed by atoms with Gasteiger partial charge in [0.1, 0.15) is 24.3 Å². The Balaban J connectivity index is 1.42. The van der Waals surface area contributed by atoms with E-state index in [-0.39, 0.29) is 25.2 Å². The number of alkyl halides is 1. The van der Waals surface area contributed by atoms with Crippen LogP contribution in [0.25, 0.3) is 10.9 Å². The number of ether oxygens (including phenoxy) is 2. The van der Waals surface area contributed by atoms with Crippen molar-refractivity contribution in [3.05, 3.63) is 59.5 Å². The van der Waals surface area contributed by atoms with Crippen LogP contribution in [-0.2, 0) is 4.79 Å². The van der Waals surface area contributed by atoms with Crippen molar-refractivity contribution >= 4 is 22.6 Å². The van der Waals surface area contributed by atoms with Gasteiger partial charge < -0.3 is 19.5 Å². The monoisotopic (exact) mass is 577 g/mol. The number of nitrogens with zero attached hydrogens (tertiary/aromatic N) is 3. The van der Waals surface area contributed by atoms with Gasteiger partial charge in [-0.3, -0.25) is 14.7 Å². The molecule has 1 aromatic heterocycles. The van der Waals surface area contributed by atoms with Crippen molar-refractivity contribution in [1.82, 2.24) is 9.88 Å². The number of hydrogen-bond donors (Lipinski definition) is 1. The van der Waals surface area contributed by atoms with Crippen molar-refractivity contribution in [2.45, 2.75) is 38.3 Å². The fourth-order valence-electron chi connectivity index (χ4n) is 5.57. The Morgan fingerprint density at radius 2 is 1.80 bits per heavy atom. The van der Waals surface area contributed by atoms with Gasteiger partial charge in [-0.25, -0.2) is 17.6 Å². The molecule has 41 heavy (non-hydrogen) atoms. The molecule has 1 atom stereocenters. The van der Waals surface area contributed by atoms with Gasteiger partial charge in [-0.1, -0.05) is 0 Å². The van der Waals surface area contributed by atoms with Gasteiger partial charge in [0.2, 0.25) is 0 Å². The Hall–Kier alpha value is -3.60. The summed E-state index contributed by atoms with van der Waals surface area (Å²) in [6, 6.07) is 6.93. The molecule has 0 spiro atoms. The number of carboxylic acids is 1. The molecule has 0 amide bonds. The van der Waals surface area contributed by atoms with Crippen molar-refractivity contribution < 1.29 is 36.9 Å². The number of likely N-dealkylation sites (tertiary alicyclic amines) is 1. The maximum absolute atomic E-state index is 16.1. The van der Waals surface area contributed by atoms with Gasteiger partial charge in [-0.05, 0) is 62.4 Å². The summed E-state index contributed by atoms with van der Waals surface area (Å²) in [5.74, 6) is -4.62. The highest BCUT2D eigenvalue weighted by molar-refractivity contribution is 5.88. The van der Waals surface area contributed by atoms with E-state index in [1.165, 1.54) is 0 Å². The standard InChI is InChI=1S/C30H35F4N3O4/c1-36(2)26-18-35-25-5-4-19(40-3)14-21(25)28(26)22(31)6-7-30(17-27(38)39)8-10-37(11-9-30)12-13-41-20-15-23(32)29(34)24(33)16-20/h4-5,14-16,18,22H,6-13,17H2,1-3H3,(H,38,39). The molecule has 1 fully saturated rings. The Morgan fingerprint density at radius 1 is 1.12 bits per heavy atom. The number of aromatic nitrogens is 1. The van der Waals surface area contributed by atoms with E-state index in [2.05, 4.69) is 9.88 Å². The van der Waals surface area contributed by atoms with Crippen LogP contribution in [0.4, 0.5) is 23.2 Å². The van der Waals surface area contributed by atoms with E-state index in [0.29, 0.717) is 66.8 Å². The molecule has 7 nitrogen and oxygen atoms in total. The number of pyridine rings is 1. The molecule has 11 heteroatoms. The molecule has 0 bridgehead atoms. The predicted molar refractivity (Wildman–Crippen MR) is 148 cm³/mol. The lowest BCUT2D eigenvalue weighted by molar-refractivity contribution is -0.141. The minimum Gasteiger partial charge on any atom is -0.497 e. The minimum absolute atomic E-state index is 0.0658. The van der Waals surface area contributed by atoms with E-state index in [4.69, 9.17) is 9.47 Å². The first-order valence-electron chi connectivity index (χ1n) is 13.5. The number of piperidine rings is 1. The van der Waals surface area contributed by atoms with Crippen LogP contribution < -0.4 is 14.4 Å². The first-order valence-corrected chi connectivity index (χ1v) is 13.5. The van der Waals surface area contributed by atoms with Crippen LogP contribution in [0, 0.1) is 22.9 Å². The first kappa shape index (κ1) is 30.4. The van der Waals surface area contributed by atoms with Crippen LogP contribution in [0.15, 0.2) is 36.5 Å². The van der Waals surface area contributed by atoms with Crippen molar-refractivity contribution in [1.29, 1.82) is 0 Å². The third-order valence-corrected chi connectivity index (χ3v) is 7.90. The predicted octanol–water partition coefficient (Wildman–Crippen LogP) is 6.15. The minimum atomic E-state index is -1.55. The second kappa shape index (κ2) is 12.9. The number of carboxylic acid groups (broad SMARTS) is 1. The van der Waals surface area contributed by atoms with Crippen molar-refractivity contribution in [2.75, 3.05) is 52.3 Å². The Kier molecular flexibility index (Phi) is 9.57. The number of aliphatic carboxylic acids is 1. The van der Waals surface area contributed by atoms with Crippen LogP contribution in [-0.4, -0.2) is 68.4 Å². The van der Waals surface area contributed by atoms with Gasteiger partial charge in [0.25, 0.3) is 0 Å². The van der Waals surface area contributed by atoms with E-state index in [9.17, 15) is 23.1 Å². The highest BCUT2D eigenvalue weighted by Crippen LogP contribution is 2.44. The molecule has 2 aromatic carbocycles. The summed E-state index contributed by atoms with van der Waals surface area (Å²) >= 11 is 0. The molecule has 1 aliphatic heterocycles. The van der Waals surface area contributed by atoms with Crippen molar-refractivity contribution in [2.24, 2.45) is 5.41 Å². The van der Waals surface area contributed by atoms with Crippen LogP contribution in [0.3, 0.4) is 0 Å². The summed E-state index contributed by atoms with van der Waals surface area (Å²) in [6.45, 7) is 1.69. The summed E-state index contributed by atoms with van der Waals surface area (Å²) in [5.41, 5.74) is 1.24. The number of fused-ring (bicyclic) bond motifs is 1. The Morgan fingerprint density at radius 3 is 2.41 bits per heavy atom. The van der Waals surface area contributed by atoms with Crippen molar-refractivity contribution in [3.63, 3.8) is 0 Å². The summed E-state index contributed by atoms with van der Waals surface area (Å²) in [6.07, 6.45) is 1.88. The average molecular weight is 578 g/mol. The number of hydrogen-bond acceptors (Lipinski definition) is 6. The molecular weight excluding hydrogens is 542 g/mol. The van der Waals surface area contributed by atoms with Crippen LogP contribution in [0.2, 0.25) is 0 Å². The van der Waals surface area contributed by atoms with Gasteiger partial charge in [0.15, 0.2) is 17.5 Å². The molecule has 1 N–H and O–H groups in total. The number of halogens is 4. The van der Waals surface area contributed by atoms with Gasteiger partial charge in [-0.15, -0.1) is 0 Å². The molecule has 0 saturated carbocycles. The van der Waals surface area contributed by atoms with E-state index in [1.54, 1.807) is 31.5 Å². The molecule has 0 aliphatic carbocycles. The lowest BCUT2D eigenvalue weighted by Crippen LogP contribution is -2.42. The van der Waals surface area contributed by atoms with Gasteiger partial charge in [0.05, 0.1) is 30.9 Å². The quantitative estimate of drug-likeness (QED) is 0.204. The third-order valence-electron chi connectivity index (χ3n) is 7.90. The highest BCUT2D eigenvalue weighted by atomic mass is 19.2. The molecule has 3 aromatic rings. The molecule has 222 valence electrons. The summed E-state index contributed by atoms with van der Waals surface area (Å²) in [7, 11) is 5.20. The van der Waals surface area contributed by atoms with Crippen LogP contribution in [0.1, 0.15) is 43.8 Å². The van der Waals surface area contributed by atoms with Crippen LogP contribution in [0.5, 0.6) is 11.5 Å². The molecule has 2 heterocycles. The SMILES string of the molecule is COc1ccc2ncc(N(C)C)c(C(F)CCC3(CC(=O)O)CCN(CCOc4cc(F)c(F)c(F)c4)CC3)c2c1. The van der Waals surface area contributed by atoms with E-state index < -0.39 is 35.0 Å². The Bertz CT molecular complexity index is 1360. The van der Waals surface area contributed by atoms with Gasteiger partial charge >= 0.3 is 5.97 Å². The number of benzene rings is 2. The molecule has 0 radical (unpaired) electrons. The van der Waals surface area contributed by atoms with Gasteiger partial charge in [-0.2, -0.15) is 0 Å². The summed E-state index contributed by atoms with van der Waals surface area (Å²) < 4.78 is 66.9. The molecule has 1 saturated heterocycles. The zero-order valence-corrected chi connectivity index (χ0v) is 23.4. The number of methoxy groups -OCH3 is 1. The molecule has 1 aliphatic rings. The van der Waals surface area contributed by atoms with Crippen molar-refractivity contribution in [3.8, 4) is 11.5 Å². The Labute approximate surface area is 236 Å². The lowest BCUT2D eigenvalue weighted by atomic mass is 9.71. The average Bonchev–Trinajstić information content (AvgIpc) is 2.94. The molecule has 4 rings (SSSR count). The third kappa shape index (κ3) is 7.19. The number of anilines is 1. The van der Waals surface area contributed by atoms with Crippen LogP contribution >= 0.6 is 0 Å². The number of carbonyl (C=O) groups is 1. The fraction of sp³-hybridized carbons (Fsp3) is 0.467. The van der Waals surface area contributed by atoms with Gasteiger partial charge in [0, 0.05) is 43.7 Å². The van der Waals surface area contributed by atoms with E-state index in [0.717, 1.165) is 12.1 Å². The first-order chi connectivity index (χ1) is 19.5. The maximum atomic E-state index is 16.1. The summed E-state index contributed by atoms with van der Waals surface area (Å²) in [5, 5.41) is 10.3. The number of rotatable bonds is 12. The molecular formula is C30H35F4N3O4. The van der Waals surface area contributed by atoms with E-state index >= 15 is 4.39 Å². The normalized spacial score (nSPS) is 16.0. The maximum Gasteiger partial charge on any atom is 0.303 e. The lowest BCUT2D eigenvalue weighted by Gasteiger charge is -2.41. The smallest absolute Gasteiger partial charge is 0.303 e.